The van der Waals surface area contributed by atoms with Crippen LogP contribution in [0.4, 0.5) is 0 Å². The van der Waals surface area contributed by atoms with E-state index in [-0.39, 0.29) is 5.78 Å². The van der Waals surface area contributed by atoms with Crippen molar-refractivity contribution in [2.75, 3.05) is 13.7 Å². The van der Waals surface area contributed by atoms with Crippen molar-refractivity contribution in [3.8, 4) is 11.5 Å². The van der Waals surface area contributed by atoms with E-state index in [9.17, 15) is 4.79 Å². The van der Waals surface area contributed by atoms with E-state index in [0.717, 1.165) is 12.0 Å². The summed E-state index contributed by atoms with van der Waals surface area (Å²) in [6.07, 6.45) is 0.790. The molecule has 0 aromatic heterocycles. The Balaban J connectivity index is 2.02. The molecule has 1 aliphatic rings. The summed E-state index contributed by atoms with van der Waals surface area (Å²) in [6, 6.07) is 10.5. The zero-order valence-electron chi connectivity index (χ0n) is 11.0. The molecule has 0 saturated carbocycles. The number of carbonyl (C=O) groups is 1. The summed E-state index contributed by atoms with van der Waals surface area (Å²) in [5.74, 6) is 1.29. The molecule has 0 saturated heterocycles. The predicted octanol–water partition coefficient (Wildman–Crippen LogP) is 3.51. The number of hydrogen-bond acceptors (Lipinski definition) is 3. The van der Waals surface area contributed by atoms with Crippen LogP contribution < -0.4 is 9.47 Å². The van der Waals surface area contributed by atoms with Gasteiger partial charge in [-0.25, -0.2) is 0 Å². The Labute approximate surface area is 122 Å². The SMILES string of the molecule is COc1ccc(C(=O)c2cc(Cl)cc3c2OCC3)cc1. The van der Waals surface area contributed by atoms with Crippen molar-refractivity contribution in [1.82, 2.24) is 0 Å². The van der Waals surface area contributed by atoms with Crippen LogP contribution >= 0.6 is 11.6 Å². The van der Waals surface area contributed by atoms with E-state index in [4.69, 9.17) is 21.1 Å². The molecule has 0 unspecified atom stereocenters. The van der Waals surface area contributed by atoms with Crippen molar-refractivity contribution in [2.24, 2.45) is 0 Å². The van der Waals surface area contributed by atoms with Crippen LogP contribution in [0.2, 0.25) is 5.02 Å². The Morgan fingerprint density at radius 3 is 2.70 bits per heavy atom. The fourth-order valence-corrected chi connectivity index (χ4v) is 2.58. The third-order valence-corrected chi connectivity index (χ3v) is 3.56. The van der Waals surface area contributed by atoms with Crippen LogP contribution in [-0.2, 0) is 6.42 Å². The van der Waals surface area contributed by atoms with E-state index in [1.54, 1.807) is 37.4 Å². The molecule has 0 aliphatic carbocycles. The number of ketones is 1. The summed E-state index contributed by atoms with van der Waals surface area (Å²) in [5, 5.41) is 0.561. The maximum Gasteiger partial charge on any atom is 0.196 e. The van der Waals surface area contributed by atoms with Crippen LogP contribution in [0.1, 0.15) is 21.5 Å². The second-order valence-corrected chi connectivity index (χ2v) is 5.03. The number of benzene rings is 2. The molecule has 4 heteroatoms. The number of hydrogen-bond donors (Lipinski definition) is 0. The van der Waals surface area contributed by atoms with Crippen LogP contribution in [0.5, 0.6) is 11.5 Å². The zero-order valence-corrected chi connectivity index (χ0v) is 11.7. The first-order valence-electron chi connectivity index (χ1n) is 6.33. The summed E-state index contributed by atoms with van der Waals surface area (Å²) < 4.78 is 10.7. The van der Waals surface area contributed by atoms with E-state index in [1.807, 2.05) is 6.07 Å². The molecule has 1 heterocycles. The quantitative estimate of drug-likeness (QED) is 0.811. The van der Waals surface area contributed by atoms with E-state index in [1.165, 1.54) is 0 Å². The van der Waals surface area contributed by atoms with Gasteiger partial charge in [-0.1, -0.05) is 11.6 Å². The van der Waals surface area contributed by atoms with E-state index in [2.05, 4.69) is 0 Å². The van der Waals surface area contributed by atoms with Gasteiger partial charge >= 0.3 is 0 Å². The van der Waals surface area contributed by atoms with Gasteiger partial charge in [0.15, 0.2) is 5.78 Å². The first kappa shape index (κ1) is 13.0. The molecular formula is C16H13ClO3. The topological polar surface area (TPSA) is 35.5 Å². The van der Waals surface area contributed by atoms with E-state index in [0.29, 0.717) is 34.3 Å². The Morgan fingerprint density at radius 2 is 2.00 bits per heavy atom. The number of methoxy groups -OCH3 is 1. The van der Waals surface area contributed by atoms with Gasteiger partial charge in [-0.2, -0.15) is 0 Å². The second kappa shape index (κ2) is 5.17. The molecule has 102 valence electrons. The van der Waals surface area contributed by atoms with Crippen LogP contribution in [0, 0.1) is 0 Å². The molecule has 0 fully saturated rings. The van der Waals surface area contributed by atoms with Gasteiger partial charge in [0, 0.05) is 17.0 Å². The highest BCUT2D eigenvalue weighted by atomic mass is 35.5. The lowest BCUT2D eigenvalue weighted by Gasteiger charge is -2.08. The van der Waals surface area contributed by atoms with Gasteiger partial charge in [0.2, 0.25) is 0 Å². The van der Waals surface area contributed by atoms with Crippen LogP contribution in [-0.4, -0.2) is 19.5 Å². The molecule has 0 atom stereocenters. The van der Waals surface area contributed by atoms with Crippen molar-refractivity contribution >= 4 is 17.4 Å². The van der Waals surface area contributed by atoms with Gasteiger partial charge in [-0.15, -0.1) is 0 Å². The third-order valence-electron chi connectivity index (χ3n) is 3.35. The molecule has 3 rings (SSSR count). The second-order valence-electron chi connectivity index (χ2n) is 4.60. The monoisotopic (exact) mass is 288 g/mol. The van der Waals surface area contributed by atoms with Crippen molar-refractivity contribution in [3.05, 3.63) is 58.1 Å². The van der Waals surface area contributed by atoms with Gasteiger partial charge in [-0.05, 0) is 42.0 Å². The molecule has 0 amide bonds. The molecule has 0 N–H and O–H groups in total. The smallest absolute Gasteiger partial charge is 0.196 e. The molecule has 2 aromatic carbocycles. The Kier molecular flexibility index (Phi) is 3.36. The lowest BCUT2D eigenvalue weighted by atomic mass is 9.99. The minimum atomic E-state index is -0.0895. The highest BCUT2D eigenvalue weighted by molar-refractivity contribution is 6.31. The summed E-state index contributed by atoms with van der Waals surface area (Å²) in [4.78, 5) is 12.6. The van der Waals surface area contributed by atoms with Crippen LogP contribution in [0.25, 0.3) is 0 Å². The number of carbonyl (C=O) groups excluding carboxylic acids is 1. The van der Waals surface area contributed by atoms with Crippen molar-refractivity contribution < 1.29 is 14.3 Å². The van der Waals surface area contributed by atoms with Gasteiger partial charge in [0.25, 0.3) is 0 Å². The minimum Gasteiger partial charge on any atom is -0.497 e. The fraction of sp³-hybridized carbons (Fsp3) is 0.188. The van der Waals surface area contributed by atoms with E-state index >= 15 is 0 Å². The molecular weight excluding hydrogens is 276 g/mol. The summed E-state index contributed by atoms with van der Waals surface area (Å²) in [6.45, 7) is 0.596. The van der Waals surface area contributed by atoms with Gasteiger partial charge < -0.3 is 9.47 Å². The summed E-state index contributed by atoms with van der Waals surface area (Å²) in [7, 11) is 1.59. The van der Waals surface area contributed by atoms with Crippen molar-refractivity contribution in [3.63, 3.8) is 0 Å². The van der Waals surface area contributed by atoms with Crippen molar-refractivity contribution in [1.29, 1.82) is 0 Å². The van der Waals surface area contributed by atoms with Crippen LogP contribution in [0.15, 0.2) is 36.4 Å². The Hall–Kier alpha value is -2.00. The Morgan fingerprint density at radius 1 is 1.25 bits per heavy atom. The maximum absolute atomic E-state index is 12.6. The maximum atomic E-state index is 12.6. The molecule has 2 aromatic rings. The van der Waals surface area contributed by atoms with E-state index < -0.39 is 0 Å². The minimum absolute atomic E-state index is 0.0895. The predicted molar refractivity (Wildman–Crippen MR) is 77.1 cm³/mol. The average Bonchev–Trinajstić information content (AvgIpc) is 2.94. The summed E-state index contributed by atoms with van der Waals surface area (Å²) >= 11 is 6.08. The van der Waals surface area contributed by atoms with Crippen molar-refractivity contribution in [2.45, 2.75) is 6.42 Å². The first-order chi connectivity index (χ1) is 9.69. The zero-order chi connectivity index (χ0) is 14.1. The normalized spacial score (nSPS) is 12.7. The van der Waals surface area contributed by atoms with Gasteiger partial charge in [0.1, 0.15) is 11.5 Å². The number of halogens is 1. The Bertz CT molecular complexity index is 662. The number of ether oxygens (including phenoxy) is 2. The number of rotatable bonds is 3. The largest absolute Gasteiger partial charge is 0.497 e. The van der Waals surface area contributed by atoms with Gasteiger partial charge in [-0.3, -0.25) is 4.79 Å². The molecule has 0 radical (unpaired) electrons. The molecule has 0 bridgehead atoms. The molecule has 0 spiro atoms. The number of fused-ring (bicyclic) bond motifs is 1. The summed E-state index contributed by atoms with van der Waals surface area (Å²) in [5.41, 5.74) is 2.11. The standard InChI is InChI=1S/C16H13ClO3/c1-19-13-4-2-10(3-5-13)15(18)14-9-12(17)8-11-6-7-20-16(11)14/h2-5,8-9H,6-7H2,1H3. The van der Waals surface area contributed by atoms with Crippen LogP contribution in [0.3, 0.4) is 0 Å². The lowest BCUT2D eigenvalue weighted by Crippen LogP contribution is -2.04. The lowest BCUT2D eigenvalue weighted by molar-refractivity contribution is 0.103. The molecule has 1 aliphatic heterocycles. The molecule has 20 heavy (non-hydrogen) atoms. The third kappa shape index (κ3) is 2.25. The first-order valence-corrected chi connectivity index (χ1v) is 6.71. The highest BCUT2D eigenvalue weighted by Crippen LogP contribution is 2.34. The average molecular weight is 289 g/mol. The fourth-order valence-electron chi connectivity index (χ4n) is 2.34. The van der Waals surface area contributed by atoms with Gasteiger partial charge in [0.05, 0.1) is 19.3 Å². The highest BCUT2D eigenvalue weighted by Gasteiger charge is 2.22. The molecule has 3 nitrogen and oxygen atoms in total.